The maximum atomic E-state index is 4.20. The first kappa shape index (κ1) is 13.8. The first-order valence-electron chi connectivity index (χ1n) is 7.42. The number of nitrogens with one attached hydrogen (secondary N) is 1. The summed E-state index contributed by atoms with van der Waals surface area (Å²) in [5.74, 6) is 0. The molecular weight excluding hydrogens is 258 g/mol. The summed E-state index contributed by atoms with van der Waals surface area (Å²) in [6.07, 6.45) is 5.01. The van der Waals surface area contributed by atoms with E-state index in [2.05, 4.69) is 66.0 Å². The topological polar surface area (TPSA) is 29.9 Å². The number of aryl methyl sites for hydroxylation is 1. The molecule has 0 amide bonds. The predicted octanol–water partition coefficient (Wildman–Crippen LogP) is 3.47. The fraction of sp³-hybridized carbons (Fsp3) is 0.278. The first-order valence-corrected chi connectivity index (χ1v) is 7.42. The van der Waals surface area contributed by atoms with Gasteiger partial charge in [0.05, 0.1) is 6.20 Å². The third-order valence-electron chi connectivity index (χ3n) is 3.90. The molecule has 1 aromatic heterocycles. The summed E-state index contributed by atoms with van der Waals surface area (Å²) in [4.78, 5) is 0. The second-order valence-electron chi connectivity index (χ2n) is 5.55. The van der Waals surface area contributed by atoms with Crippen LogP contribution in [-0.2, 0) is 13.5 Å². The average Bonchev–Trinajstić information content (AvgIpc) is 2.92. The summed E-state index contributed by atoms with van der Waals surface area (Å²) >= 11 is 0. The molecular formula is C18H21N3. The zero-order valence-electron chi connectivity index (χ0n) is 12.6. The quantitative estimate of drug-likeness (QED) is 0.775. The maximum Gasteiger partial charge on any atom is 0.0522 e. The van der Waals surface area contributed by atoms with Crippen molar-refractivity contribution < 1.29 is 0 Å². The Morgan fingerprint density at radius 2 is 1.95 bits per heavy atom. The summed E-state index contributed by atoms with van der Waals surface area (Å²) in [5, 5.41) is 10.4. The minimum atomic E-state index is 0.353. The Labute approximate surface area is 125 Å². The Hall–Kier alpha value is -2.13. The fourth-order valence-corrected chi connectivity index (χ4v) is 2.63. The van der Waals surface area contributed by atoms with E-state index in [4.69, 9.17) is 0 Å². The number of hydrogen-bond acceptors (Lipinski definition) is 2. The van der Waals surface area contributed by atoms with Crippen LogP contribution in [0.4, 0.5) is 0 Å². The Kier molecular flexibility index (Phi) is 4.02. The van der Waals surface area contributed by atoms with Crippen molar-refractivity contribution >= 4 is 10.8 Å². The second kappa shape index (κ2) is 6.10. The standard InChI is InChI=1S/C18H21N3/c1-14(19-10-9-15-12-20-21(2)13-15)17-8-7-16-5-3-4-6-18(16)11-17/h3-8,11-14,19H,9-10H2,1-2H3. The monoisotopic (exact) mass is 279 g/mol. The minimum Gasteiger partial charge on any atom is -0.310 e. The molecule has 3 aromatic rings. The molecule has 3 nitrogen and oxygen atoms in total. The van der Waals surface area contributed by atoms with Crippen molar-refractivity contribution in [3.05, 3.63) is 66.0 Å². The van der Waals surface area contributed by atoms with E-state index in [1.54, 1.807) is 0 Å². The average molecular weight is 279 g/mol. The largest absolute Gasteiger partial charge is 0.310 e. The van der Waals surface area contributed by atoms with Crippen LogP contribution in [-0.4, -0.2) is 16.3 Å². The summed E-state index contributed by atoms with van der Waals surface area (Å²) in [6.45, 7) is 3.17. The van der Waals surface area contributed by atoms with Crippen LogP contribution in [0.5, 0.6) is 0 Å². The van der Waals surface area contributed by atoms with E-state index in [1.165, 1.54) is 21.9 Å². The van der Waals surface area contributed by atoms with Crippen molar-refractivity contribution in [3.63, 3.8) is 0 Å². The normalized spacial score (nSPS) is 12.7. The number of benzene rings is 2. The smallest absolute Gasteiger partial charge is 0.0522 e. The van der Waals surface area contributed by atoms with Gasteiger partial charge in [-0.15, -0.1) is 0 Å². The fourth-order valence-electron chi connectivity index (χ4n) is 2.63. The highest BCUT2D eigenvalue weighted by molar-refractivity contribution is 5.83. The molecule has 0 radical (unpaired) electrons. The van der Waals surface area contributed by atoms with Gasteiger partial charge in [0.25, 0.3) is 0 Å². The summed E-state index contributed by atoms with van der Waals surface area (Å²) < 4.78 is 1.85. The van der Waals surface area contributed by atoms with Gasteiger partial charge in [0.1, 0.15) is 0 Å². The zero-order chi connectivity index (χ0) is 14.7. The van der Waals surface area contributed by atoms with Gasteiger partial charge in [0, 0.05) is 19.3 Å². The number of hydrogen-bond donors (Lipinski definition) is 1. The van der Waals surface area contributed by atoms with Gasteiger partial charge in [-0.25, -0.2) is 0 Å². The van der Waals surface area contributed by atoms with Crippen LogP contribution in [0.15, 0.2) is 54.9 Å². The third kappa shape index (κ3) is 3.31. The number of fused-ring (bicyclic) bond motifs is 1. The van der Waals surface area contributed by atoms with Crippen LogP contribution in [0, 0.1) is 0 Å². The molecule has 21 heavy (non-hydrogen) atoms. The molecule has 0 saturated carbocycles. The molecule has 0 aliphatic heterocycles. The van der Waals surface area contributed by atoms with Crippen LogP contribution < -0.4 is 5.32 Å². The van der Waals surface area contributed by atoms with Crippen LogP contribution >= 0.6 is 0 Å². The van der Waals surface area contributed by atoms with Gasteiger partial charge < -0.3 is 5.32 Å². The van der Waals surface area contributed by atoms with Crippen LogP contribution in [0.3, 0.4) is 0 Å². The Morgan fingerprint density at radius 3 is 2.71 bits per heavy atom. The minimum absolute atomic E-state index is 0.353. The van der Waals surface area contributed by atoms with Crippen molar-refractivity contribution in [2.75, 3.05) is 6.54 Å². The lowest BCUT2D eigenvalue weighted by atomic mass is 10.0. The first-order chi connectivity index (χ1) is 10.2. The molecule has 1 heterocycles. The van der Waals surface area contributed by atoms with E-state index in [-0.39, 0.29) is 0 Å². The second-order valence-corrected chi connectivity index (χ2v) is 5.55. The lowest BCUT2D eigenvalue weighted by Crippen LogP contribution is -2.21. The Balaban J connectivity index is 1.62. The molecule has 3 rings (SSSR count). The number of aromatic nitrogens is 2. The zero-order valence-corrected chi connectivity index (χ0v) is 12.6. The van der Waals surface area contributed by atoms with E-state index in [0.29, 0.717) is 6.04 Å². The molecule has 0 fully saturated rings. The van der Waals surface area contributed by atoms with Crippen LogP contribution in [0.2, 0.25) is 0 Å². The molecule has 0 saturated heterocycles. The summed E-state index contributed by atoms with van der Waals surface area (Å²) in [6, 6.07) is 15.5. The van der Waals surface area contributed by atoms with Crippen molar-refractivity contribution in [2.24, 2.45) is 7.05 Å². The summed E-state index contributed by atoms with van der Waals surface area (Å²) in [5.41, 5.74) is 2.61. The van der Waals surface area contributed by atoms with Crippen molar-refractivity contribution in [1.82, 2.24) is 15.1 Å². The molecule has 3 heteroatoms. The van der Waals surface area contributed by atoms with E-state index in [0.717, 1.165) is 13.0 Å². The number of nitrogens with zero attached hydrogens (tertiary/aromatic N) is 2. The van der Waals surface area contributed by atoms with Gasteiger partial charge in [-0.2, -0.15) is 5.10 Å². The van der Waals surface area contributed by atoms with E-state index >= 15 is 0 Å². The molecule has 1 atom stereocenters. The highest BCUT2D eigenvalue weighted by atomic mass is 15.2. The maximum absolute atomic E-state index is 4.20. The van der Waals surface area contributed by atoms with Gasteiger partial charge >= 0.3 is 0 Å². The molecule has 0 bridgehead atoms. The Morgan fingerprint density at radius 1 is 1.14 bits per heavy atom. The highest BCUT2D eigenvalue weighted by Gasteiger charge is 2.05. The molecule has 1 unspecified atom stereocenters. The van der Waals surface area contributed by atoms with Crippen molar-refractivity contribution in [3.8, 4) is 0 Å². The van der Waals surface area contributed by atoms with Gasteiger partial charge in [-0.1, -0.05) is 36.4 Å². The molecule has 2 aromatic carbocycles. The summed E-state index contributed by atoms with van der Waals surface area (Å²) in [7, 11) is 1.95. The van der Waals surface area contributed by atoms with Gasteiger partial charge in [0.15, 0.2) is 0 Å². The van der Waals surface area contributed by atoms with Gasteiger partial charge in [-0.05, 0) is 47.9 Å². The molecule has 108 valence electrons. The van der Waals surface area contributed by atoms with Crippen molar-refractivity contribution in [1.29, 1.82) is 0 Å². The Bertz CT molecular complexity index is 730. The molecule has 0 aliphatic rings. The molecule has 0 aliphatic carbocycles. The third-order valence-corrected chi connectivity index (χ3v) is 3.90. The lowest BCUT2D eigenvalue weighted by molar-refractivity contribution is 0.577. The van der Waals surface area contributed by atoms with Crippen LogP contribution in [0.1, 0.15) is 24.1 Å². The van der Waals surface area contributed by atoms with E-state index in [1.807, 2.05) is 17.9 Å². The predicted molar refractivity (Wildman–Crippen MR) is 87.3 cm³/mol. The highest BCUT2D eigenvalue weighted by Crippen LogP contribution is 2.20. The van der Waals surface area contributed by atoms with Gasteiger partial charge in [0.2, 0.25) is 0 Å². The van der Waals surface area contributed by atoms with E-state index < -0.39 is 0 Å². The van der Waals surface area contributed by atoms with Crippen LogP contribution in [0.25, 0.3) is 10.8 Å². The molecule has 1 N–H and O–H groups in total. The van der Waals surface area contributed by atoms with Gasteiger partial charge in [-0.3, -0.25) is 4.68 Å². The molecule has 0 spiro atoms. The SMILES string of the molecule is CC(NCCc1cnn(C)c1)c1ccc2ccccc2c1. The number of rotatable bonds is 5. The van der Waals surface area contributed by atoms with E-state index in [9.17, 15) is 0 Å². The van der Waals surface area contributed by atoms with Crippen molar-refractivity contribution in [2.45, 2.75) is 19.4 Å². The lowest BCUT2D eigenvalue weighted by Gasteiger charge is -2.14.